The van der Waals surface area contributed by atoms with E-state index in [2.05, 4.69) is 32.5 Å². The SMILES string of the molecule is CCCNc1nc(NCC2(CO)CC2)nc(OC(C)C)n1. The van der Waals surface area contributed by atoms with Gasteiger partial charge in [-0.15, -0.1) is 0 Å². The van der Waals surface area contributed by atoms with Crippen molar-refractivity contribution < 1.29 is 9.84 Å². The van der Waals surface area contributed by atoms with Gasteiger partial charge in [-0.1, -0.05) is 6.92 Å². The number of ether oxygens (including phenoxy) is 1. The van der Waals surface area contributed by atoms with Gasteiger partial charge in [-0.05, 0) is 33.1 Å². The van der Waals surface area contributed by atoms with Gasteiger partial charge in [-0.3, -0.25) is 0 Å². The van der Waals surface area contributed by atoms with Gasteiger partial charge >= 0.3 is 6.01 Å². The van der Waals surface area contributed by atoms with Crippen molar-refractivity contribution in [1.29, 1.82) is 0 Å². The van der Waals surface area contributed by atoms with Gasteiger partial charge in [0.05, 0.1) is 12.7 Å². The van der Waals surface area contributed by atoms with E-state index in [0.29, 0.717) is 24.5 Å². The predicted molar refractivity (Wildman–Crippen MR) is 81.6 cm³/mol. The molecule has 0 unspecified atom stereocenters. The van der Waals surface area contributed by atoms with Crippen molar-refractivity contribution in [3.8, 4) is 6.01 Å². The average molecular weight is 295 g/mol. The minimum absolute atomic E-state index is 0.00269. The molecule has 1 aliphatic rings. The Kier molecular flexibility index (Phi) is 5.17. The van der Waals surface area contributed by atoms with Crippen LogP contribution in [0.5, 0.6) is 6.01 Å². The number of hydrogen-bond donors (Lipinski definition) is 3. The first-order valence-electron chi connectivity index (χ1n) is 7.58. The maximum Gasteiger partial charge on any atom is 0.323 e. The van der Waals surface area contributed by atoms with E-state index in [4.69, 9.17) is 4.74 Å². The highest BCUT2D eigenvalue weighted by atomic mass is 16.5. The van der Waals surface area contributed by atoms with Crippen LogP contribution in [0.2, 0.25) is 0 Å². The number of anilines is 2. The van der Waals surface area contributed by atoms with Gasteiger partial charge in [-0.25, -0.2) is 0 Å². The van der Waals surface area contributed by atoms with E-state index in [1.165, 1.54) is 0 Å². The predicted octanol–water partition coefficient (Wildman–Crippen LogP) is 1.67. The Labute approximate surface area is 125 Å². The largest absolute Gasteiger partial charge is 0.461 e. The Morgan fingerprint density at radius 1 is 1.19 bits per heavy atom. The van der Waals surface area contributed by atoms with Crippen molar-refractivity contribution in [2.24, 2.45) is 5.41 Å². The lowest BCUT2D eigenvalue weighted by Gasteiger charge is -2.15. The molecule has 0 atom stereocenters. The fraction of sp³-hybridized carbons (Fsp3) is 0.786. The molecule has 7 heteroatoms. The van der Waals surface area contributed by atoms with Crippen LogP contribution in [0.25, 0.3) is 0 Å². The number of nitrogens with one attached hydrogen (secondary N) is 2. The third-order valence-electron chi connectivity index (χ3n) is 3.40. The normalized spacial score (nSPS) is 15.9. The maximum atomic E-state index is 9.35. The molecule has 1 aromatic heterocycles. The summed E-state index contributed by atoms with van der Waals surface area (Å²) in [4.78, 5) is 12.9. The molecule has 0 saturated heterocycles. The van der Waals surface area contributed by atoms with Crippen LogP contribution >= 0.6 is 0 Å². The molecule has 3 N–H and O–H groups in total. The van der Waals surface area contributed by atoms with Crippen LogP contribution in [-0.4, -0.2) is 45.9 Å². The molecule has 1 heterocycles. The molecule has 1 aliphatic carbocycles. The average Bonchev–Trinajstić information content (AvgIpc) is 3.23. The fourth-order valence-electron chi connectivity index (χ4n) is 1.85. The molecule has 0 bridgehead atoms. The summed E-state index contributed by atoms with van der Waals surface area (Å²) in [6.45, 7) is 7.60. The zero-order valence-corrected chi connectivity index (χ0v) is 13.0. The van der Waals surface area contributed by atoms with Crippen molar-refractivity contribution in [3.05, 3.63) is 0 Å². The molecule has 118 valence electrons. The molecule has 1 saturated carbocycles. The third-order valence-corrected chi connectivity index (χ3v) is 3.40. The summed E-state index contributed by atoms with van der Waals surface area (Å²) in [7, 11) is 0. The van der Waals surface area contributed by atoms with Crippen LogP contribution in [0.15, 0.2) is 0 Å². The lowest BCUT2D eigenvalue weighted by Crippen LogP contribution is -2.21. The molecule has 0 spiro atoms. The van der Waals surface area contributed by atoms with Crippen molar-refractivity contribution in [1.82, 2.24) is 15.0 Å². The lowest BCUT2D eigenvalue weighted by molar-refractivity contribution is 0.218. The summed E-state index contributed by atoms with van der Waals surface area (Å²) >= 11 is 0. The number of nitrogens with zero attached hydrogens (tertiary/aromatic N) is 3. The zero-order valence-electron chi connectivity index (χ0n) is 13.0. The number of rotatable bonds is 9. The van der Waals surface area contributed by atoms with Crippen LogP contribution < -0.4 is 15.4 Å². The van der Waals surface area contributed by atoms with E-state index >= 15 is 0 Å². The molecule has 2 rings (SSSR count). The van der Waals surface area contributed by atoms with Crippen LogP contribution in [0.1, 0.15) is 40.0 Å². The lowest BCUT2D eigenvalue weighted by atomic mass is 10.1. The summed E-state index contributed by atoms with van der Waals surface area (Å²) in [6.07, 6.45) is 3.07. The van der Waals surface area contributed by atoms with Gasteiger partial charge in [0.15, 0.2) is 0 Å². The van der Waals surface area contributed by atoms with Gasteiger partial charge in [-0.2, -0.15) is 15.0 Å². The van der Waals surface area contributed by atoms with E-state index < -0.39 is 0 Å². The van der Waals surface area contributed by atoms with E-state index in [-0.39, 0.29) is 18.1 Å². The zero-order chi connectivity index (χ0) is 15.3. The Morgan fingerprint density at radius 3 is 2.38 bits per heavy atom. The van der Waals surface area contributed by atoms with Gasteiger partial charge in [0.25, 0.3) is 0 Å². The first kappa shape index (κ1) is 15.8. The molecule has 0 aliphatic heterocycles. The Hall–Kier alpha value is -1.63. The Bertz CT molecular complexity index is 463. The highest BCUT2D eigenvalue weighted by Gasteiger charge is 2.41. The van der Waals surface area contributed by atoms with E-state index in [0.717, 1.165) is 25.8 Å². The second kappa shape index (κ2) is 6.89. The smallest absolute Gasteiger partial charge is 0.323 e. The first-order chi connectivity index (χ1) is 10.1. The molecule has 21 heavy (non-hydrogen) atoms. The second-order valence-corrected chi connectivity index (χ2v) is 5.87. The molecule has 1 fully saturated rings. The topological polar surface area (TPSA) is 92.2 Å². The fourth-order valence-corrected chi connectivity index (χ4v) is 1.85. The van der Waals surface area contributed by atoms with E-state index in [1.54, 1.807) is 0 Å². The first-order valence-corrected chi connectivity index (χ1v) is 7.58. The summed E-state index contributed by atoms with van der Waals surface area (Å²) in [5.74, 6) is 0.998. The summed E-state index contributed by atoms with van der Waals surface area (Å²) in [5.41, 5.74) is 0.00269. The minimum Gasteiger partial charge on any atom is -0.461 e. The molecular formula is C14H25N5O2. The van der Waals surface area contributed by atoms with Gasteiger partial charge in [0, 0.05) is 18.5 Å². The van der Waals surface area contributed by atoms with Crippen LogP contribution in [-0.2, 0) is 0 Å². The van der Waals surface area contributed by atoms with Crippen LogP contribution in [0.3, 0.4) is 0 Å². The van der Waals surface area contributed by atoms with Crippen LogP contribution in [0, 0.1) is 5.41 Å². The van der Waals surface area contributed by atoms with E-state index in [1.807, 2.05) is 13.8 Å². The van der Waals surface area contributed by atoms with Crippen molar-refractivity contribution >= 4 is 11.9 Å². The monoisotopic (exact) mass is 295 g/mol. The van der Waals surface area contributed by atoms with Gasteiger partial charge in [0.2, 0.25) is 11.9 Å². The van der Waals surface area contributed by atoms with Crippen LogP contribution in [0.4, 0.5) is 11.9 Å². The molecule has 1 aromatic rings. The molecule has 0 amide bonds. The number of aliphatic hydroxyl groups excluding tert-OH is 1. The van der Waals surface area contributed by atoms with Gasteiger partial charge in [0.1, 0.15) is 0 Å². The van der Waals surface area contributed by atoms with Crippen molar-refractivity contribution in [3.63, 3.8) is 0 Å². The number of aliphatic hydroxyl groups is 1. The summed E-state index contributed by atoms with van der Waals surface area (Å²) in [6, 6.07) is 0.315. The summed E-state index contributed by atoms with van der Waals surface area (Å²) < 4.78 is 5.56. The molecular weight excluding hydrogens is 270 g/mol. The Balaban J connectivity index is 2.06. The summed E-state index contributed by atoms with van der Waals surface area (Å²) in [5, 5.41) is 15.7. The molecule has 0 aromatic carbocycles. The highest BCUT2D eigenvalue weighted by molar-refractivity contribution is 5.36. The third kappa shape index (κ3) is 4.70. The number of aromatic nitrogens is 3. The Morgan fingerprint density at radius 2 is 1.86 bits per heavy atom. The van der Waals surface area contributed by atoms with Crippen molar-refractivity contribution in [2.45, 2.75) is 46.1 Å². The minimum atomic E-state index is 0.00269. The van der Waals surface area contributed by atoms with Gasteiger partial charge < -0.3 is 20.5 Å². The molecule has 7 nitrogen and oxygen atoms in total. The molecule has 0 radical (unpaired) electrons. The van der Waals surface area contributed by atoms with E-state index in [9.17, 15) is 5.11 Å². The number of hydrogen-bond acceptors (Lipinski definition) is 7. The maximum absolute atomic E-state index is 9.35. The van der Waals surface area contributed by atoms with Crippen molar-refractivity contribution in [2.75, 3.05) is 30.3 Å². The second-order valence-electron chi connectivity index (χ2n) is 5.87. The quantitative estimate of drug-likeness (QED) is 0.638. The highest BCUT2D eigenvalue weighted by Crippen LogP contribution is 2.44. The standard InChI is InChI=1S/C14H25N5O2/c1-4-7-15-11-17-12(16-8-14(9-20)5-6-14)19-13(18-11)21-10(2)3/h10,20H,4-9H2,1-3H3,(H2,15,16,17,18,19).